The van der Waals surface area contributed by atoms with Crippen molar-refractivity contribution in [3.63, 3.8) is 0 Å². The number of rotatable bonds is 8. The highest BCUT2D eigenvalue weighted by Gasteiger charge is 2.28. The van der Waals surface area contributed by atoms with Gasteiger partial charge in [-0.25, -0.2) is 8.42 Å². The van der Waals surface area contributed by atoms with Gasteiger partial charge in [0.25, 0.3) is 10.0 Å². The van der Waals surface area contributed by atoms with E-state index in [4.69, 9.17) is 4.74 Å². The largest absolute Gasteiger partial charge is 0.376 e. The van der Waals surface area contributed by atoms with Gasteiger partial charge in [0, 0.05) is 13.2 Å². The van der Waals surface area contributed by atoms with E-state index in [1.54, 1.807) is 42.5 Å². The minimum Gasteiger partial charge on any atom is -0.376 e. The molecule has 1 aliphatic heterocycles. The number of aryl methyl sites for hydroxylation is 1. The molecule has 28 heavy (non-hydrogen) atoms. The quantitative estimate of drug-likeness (QED) is 0.737. The van der Waals surface area contributed by atoms with Gasteiger partial charge in [0.2, 0.25) is 5.91 Å². The molecule has 1 amide bonds. The van der Waals surface area contributed by atoms with E-state index in [1.807, 2.05) is 19.1 Å². The molecule has 150 valence electrons. The third kappa shape index (κ3) is 4.72. The number of sulfonamides is 1. The van der Waals surface area contributed by atoms with Crippen molar-refractivity contribution in [1.82, 2.24) is 5.32 Å². The van der Waals surface area contributed by atoms with Crippen LogP contribution in [0, 0.1) is 0 Å². The average Bonchev–Trinajstić information content (AvgIpc) is 3.25. The van der Waals surface area contributed by atoms with Crippen LogP contribution in [0.15, 0.2) is 59.5 Å². The fourth-order valence-electron chi connectivity index (χ4n) is 3.29. The van der Waals surface area contributed by atoms with Crippen molar-refractivity contribution in [2.75, 3.05) is 24.0 Å². The zero-order valence-electron chi connectivity index (χ0n) is 16.0. The molecule has 0 unspecified atom stereocenters. The lowest BCUT2D eigenvalue weighted by atomic mass is 10.1. The monoisotopic (exact) mass is 402 g/mol. The van der Waals surface area contributed by atoms with Gasteiger partial charge in [-0.05, 0) is 43.0 Å². The fraction of sp³-hybridized carbons (Fsp3) is 0.381. The summed E-state index contributed by atoms with van der Waals surface area (Å²) in [7, 11) is -3.88. The molecule has 0 aliphatic carbocycles. The van der Waals surface area contributed by atoms with Crippen LogP contribution in [-0.4, -0.2) is 40.1 Å². The lowest BCUT2D eigenvalue weighted by Crippen LogP contribution is -2.43. The summed E-state index contributed by atoms with van der Waals surface area (Å²) in [5, 5.41) is 2.82. The zero-order chi connectivity index (χ0) is 20.0. The molecule has 0 bridgehead atoms. The summed E-state index contributed by atoms with van der Waals surface area (Å²) in [6.45, 7) is 2.79. The Balaban J connectivity index is 1.87. The summed E-state index contributed by atoms with van der Waals surface area (Å²) in [4.78, 5) is 12.7. The van der Waals surface area contributed by atoms with E-state index in [1.165, 1.54) is 4.31 Å². The molecule has 6 nitrogen and oxygen atoms in total. The van der Waals surface area contributed by atoms with Gasteiger partial charge in [0.1, 0.15) is 6.54 Å². The molecule has 1 fully saturated rings. The van der Waals surface area contributed by atoms with E-state index in [9.17, 15) is 13.2 Å². The summed E-state index contributed by atoms with van der Waals surface area (Å²) in [6.07, 6.45) is 2.56. The lowest BCUT2D eigenvalue weighted by Gasteiger charge is -2.26. The van der Waals surface area contributed by atoms with E-state index in [2.05, 4.69) is 5.32 Å². The Morgan fingerprint density at radius 2 is 1.86 bits per heavy atom. The van der Waals surface area contributed by atoms with E-state index in [-0.39, 0.29) is 23.5 Å². The predicted molar refractivity (Wildman–Crippen MR) is 109 cm³/mol. The SMILES string of the molecule is CCc1ccccc1N(CC(=O)NC[C@H]1CCCO1)S(=O)(=O)c1ccccc1. The molecule has 7 heteroatoms. The average molecular weight is 403 g/mol. The molecule has 1 aliphatic rings. The van der Waals surface area contributed by atoms with Gasteiger partial charge in [0.05, 0.1) is 16.7 Å². The van der Waals surface area contributed by atoms with Crippen LogP contribution in [0.5, 0.6) is 0 Å². The minimum absolute atomic E-state index is 0.00561. The summed E-state index contributed by atoms with van der Waals surface area (Å²) >= 11 is 0. The van der Waals surface area contributed by atoms with Crippen molar-refractivity contribution >= 4 is 21.6 Å². The van der Waals surface area contributed by atoms with Gasteiger partial charge in [-0.15, -0.1) is 0 Å². The van der Waals surface area contributed by atoms with E-state index < -0.39 is 10.0 Å². The maximum atomic E-state index is 13.3. The number of ether oxygens (including phenoxy) is 1. The van der Waals surface area contributed by atoms with Crippen molar-refractivity contribution in [2.24, 2.45) is 0 Å². The third-order valence-electron chi connectivity index (χ3n) is 4.81. The highest BCUT2D eigenvalue weighted by Crippen LogP contribution is 2.27. The standard InChI is InChI=1S/C21H26N2O4S/c1-2-17-9-6-7-13-20(17)23(28(25,26)19-11-4-3-5-12-19)16-21(24)22-15-18-10-8-14-27-18/h3-7,9,11-13,18H,2,8,10,14-16H2,1H3,(H,22,24)/t18-/m1/s1. The van der Waals surface area contributed by atoms with Crippen molar-refractivity contribution in [3.05, 3.63) is 60.2 Å². The second-order valence-electron chi connectivity index (χ2n) is 6.75. The molecule has 2 aromatic rings. The normalized spacial score (nSPS) is 16.7. The molecule has 0 aromatic heterocycles. The Labute approximate surface area is 166 Å². The number of nitrogens with zero attached hydrogens (tertiary/aromatic N) is 1. The number of carbonyl (C=O) groups is 1. The highest BCUT2D eigenvalue weighted by atomic mass is 32.2. The number of nitrogens with one attached hydrogen (secondary N) is 1. The van der Waals surface area contributed by atoms with Gasteiger partial charge in [0.15, 0.2) is 0 Å². The van der Waals surface area contributed by atoms with Crippen LogP contribution in [0.1, 0.15) is 25.3 Å². The minimum atomic E-state index is -3.88. The topological polar surface area (TPSA) is 75.7 Å². The van der Waals surface area contributed by atoms with Crippen LogP contribution >= 0.6 is 0 Å². The number of hydrogen-bond acceptors (Lipinski definition) is 4. The molecule has 1 atom stereocenters. The molecule has 1 saturated heterocycles. The Bertz CT molecular complexity index is 894. The molecule has 1 N–H and O–H groups in total. The van der Waals surface area contributed by atoms with Crippen LogP contribution in [0.3, 0.4) is 0 Å². The maximum Gasteiger partial charge on any atom is 0.264 e. The summed E-state index contributed by atoms with van der Waals surface area (Å²) < 4.78 is 33.4. The number of carbonyl (C=O) groups excluding carboxylic acids is 1. The Morgan fingerprint density at radius 1 is 1.14 bits per heavy atom. The van der Waals surface area contributed by atoms with E-state index in [0.717, 1.165) is 18.4 Å². The van der Waals surface area contributed by atoms with Crippen LogP contribution in [0.2, 0.25) is 0 Å². The second kappa shape index (κ2) is 9.21. The first kappa shape index (κ1) is 20.4. The molecular formula is C21H26N2O4S. The fourth-order valence-corrected chi connectivity index (χ4v) is 4.77. The summed E-state index contributed by atoms with van der Waals surface area (Å²) in [6, 6.07) is 15.5. The van der Waals surface area contributed by atoms with Crippen molar-refractivity contribution < 1.29 is 17.9 Å². The summed E-state index contributed by atoms with van der Waals surface area (Å²) in [5.74, 6) is -0.346. The van der Waals surface area contributed by atoms with Gasteiger partial charge >= 0.3 is 0 Å². The molecule has 1 heterocycles. The summed E-state index contributed by atoms with van der Waals surface area (Å²) in [5.41, 5.74) is 1.40. The number of amides is 1. The van der Waals surface area contributed by atoms with Crippen LogP contribution in [-0.2, 0) is 26.0 Å². The second-order valence-corrected chi connectivity index (χ2v) is 8.61. The van der Waals surface area contributed by atoms with E-state index >= 15 is 0 Å². The van der Waals surface area contributed by atoms with Gasteiger partial charge in [-0.1, -0.05) is 43.3 Å². The van der Waals surface area contributed by atoms with Crippen molar-refractivity contribution in [1.29, 1.82) is 0 Å². The van der Waals surface area contributed by atoms with Crippen molar-refractivity contribution in [2.45, 2.75) is 37.2 Å². The molecule has 0 radical (unpaired) electrons. The molecule has 3 rings (SSSR count). The zero-order valence-corrected chi connectivity index (χ0v) is 16.8. The first-order valence-corrected chi connectivity index (χ1v) is 11.0. The smallest absolute Gasteiger partial charge is 0.264 e. The number of benzene rings is 2. The highest BCUT2D eigenvalue weighted by molar-refractivity contribution is 7.92. The van der Waals surface area contributed by atoms with Gasteiger partial charge < -0.3 is 10.1 Å². The van der Waals surface area contributed by atoms with Gasteiger partial charge in [-0.2, -0.15) is 0 Å². The maximum absolute atomic E-state index is 13.3. The predicted octanol–water partition coefficient (Wildman–Crippen LogP) is 2.74. The molecular weight excluding hydrogens is 376 g/mol. The third-order valence-corrected chi connectivity index (χ3v) is 6.58. The first-order valence-electron chi connectivity index (χ1n) is 9.56. The van der Waals surface area contributed by atoms with Gasteiger partial charge in [-0.3, -0.25) is 9.10 Å². The molecule has 0 saturated carbocycles. The van der Waals surface area contributed by atoms with E-state index in [0.29, 0.717) is 25.3 Å². The molecule has 2 aromatic carbocycles. The number of hydrogen-bond donors (Lipinski definition) is 1. The lowest BCUT2D eigenvalue weighted by molar-refractivity contribution is -0.120. The first-order chi connectivity index (χ1) is 13.5. The molecule has 0 spiro atoms. The Kier molecular flexibility index (Phi) is 6.70. The van der Waals surface area contributed by atoms with Crippen LogP contribution < -0.4 is 9.62 Å². The Morgan fingerprint density at radius 3 is 2.54 bits per heavy atom. The number of anilines is 1. The van der Waals surface area contributed by atoms with Crippen LogP contribution in [0.4, 0.5) is 5.69 Å². The van der Waals surface area contributed by atoms with Crippen molar-refractivity contribution in [3.8, 4) is 0 Å². The van der Waals surface area contributed by atoms with Crippen LogP contribution in [0.25, 0.3) is 0 Å². The number of para-hydroxylation sites is 1. The Hall–Kier alpha value is -2.38.